The molecule has 0 saturated carbocycles. The molecule has 1 aromatic carbocycles. The Labute approximate surface area is 122 Å². The standard InChI is InChI=1S/C15H9N3O2S/c19-14-12(9-11-7-4-8-20-11)21-15-17-16-13(18(14)15)10-5-2-1-3-6-10/h1-9H/b12-9-. The first-order valence-electron chi connectivity index (χ1n) is 6.31. The number of fused-ring (bicyclic) bond motifs is 1. The van der Waals surface area contributed by atoms with Gasteiger partial charge in [0.2, 0.25) is 4.96 Å². The SMILES string of the molecule is O=c1/c(=C/c2ccco2)sc2nnc(-c3ccccc3)n12. The maximum absolute atomic E-state index is 12.5. The van der Waals surface area contributed by atoms with E-state index in [1.165, 1.54) is 15.7 Å². The lowest BCUT2D eigenvalue weighted by Gasteiger charge is -1.94. The third kappa shape index (κ3) is 1.96. The zero-order valence-electron chi connectivity index (χ0n) is 10.8. The van der Waals surface area contributed by atoms with Crippen LogP contribution in [-0.4, -0.2) is 14.6 Å². The van der Waals surface area contributed by atoms with Gasteiger partial charge < -0.3 is 4.42 Å². The summed E-state index contributed by atoms with van der Waals surface area (Å²) in [6, 6.07) is 13.1. The molecule has 3 aromatic heterocycles. The molecular weight excluding hydrogens is 286 g/mol. The molecule has 0 saturated heterocycles. The summed E-state index contributed by atoms with van der Waals surface area (Å²) in [6.07, 6.45) is 3.29. The fourth-order valence-electron chi connectivity index (χ4n) is 2.14. The second-order valence-corrected chi connectivity index (χ2v) is 5.45. The van der Waals surface area contributed by atoms with E-state index in [0.29, 0.717) is 21.1 Å². The van der Waals surface area contributed by atoms with Crippen molar-refractivity contribution < 1.29 is 4.42 Å². The fraction of sp³-hybridized carbons (Fsp3) is 0. The third-order valence-corrected chi connectivity index (χ3v) is 4.06. The molecule has 0 aliphatic carbocycles. The van der Waals surface area contributed by atoms with Crippen molar-refractivity contribution in [3.05, 3.63) is 69.4 Å². The van der Waals surface area contributed by atoms with Crippen LogP contribution < -0.4 is 10.1 Å². The minimum absolute atomic E-state index is 0.129. The first-order valence-corrected chi connectivity index (χ1v) is 7.13. The molecule has 0 aliphatic heterocycles. The van der Waals surface area contributed by atoms with Gasteiger partial charge in [-0.3, -0.25) is 4.79 Å². The number of hydrogen-bond donors (Lipinski definition) is 0. The Morgan fingerprint density at radius 2 is 1.95 bits per heavy atom. The summed E-state index contributed by atoms with van der Waals surface area (Å²) < 4.78 is 7.36. The van der Waals surface area contributed by atoms with Crippen molar-refractivity contribution in [1.82, 2.24) is 14.6 Å². The number of aromatic nitrogens is 3. The highest BCUT2D eigenvalue weighted by atomic mass is 32.1. The largest absolute Gasteiger partial charge is 0.465 e. The van der Waals surface area contributed by atoms with Gasteiger partial charge in [-0.05, 0) is 12.1 Å². The molecule has 102 valence electrons. The van der Waals surface area contributed by atoms with Crippen LogP contribution in [0.15, 0.2) is 57.9 Å². The molecule has 0 aliphatic rings. The maximum Gasteiger partial charge on any atom is 0.276 e. The molecule has 0 amide bonds. The molecule has 0 bridgehead atoms. The van der Waals surface area contributed by atoms with E-state index in [4.69, 9.17) is 4.42 Å². The van der Waals surface area contributed by atoms with E-state index in [2.05, 4.69) is 10.2 Å². The lowest BCUT2D eigenvalue weighted by Crippen LogP contribution is -2.23. The molecule has 0 unspecified atom stereocenters. The van der Waals surface area contributed by atoms with Gasteiger partial charge in [-0.2, -0.15) is 0 Å². The predicted molar refractivity (Wildman–Crippen MR) is 80.1 cm³/mol. The summed E-state index contributed by atoms with van der Waals surface area (Å²) in [5.74, 6) is 1.21. The van der Waals surface area contributed by atoms with Crippen molar-refractivity contribution in [2.24, 2.45) is 0 Å². The van der Waals surface area contributed by atoms with Crippen molar-refractivity contribution >= 4 is 22.4 Å². The van der Waals surface area contributed by atoms with Crippen LogP contribution in [0.1, 0.15) is 5.76 Å². The van der Waals surface area contributed by atoms with Crippen molar-refractivity contribution in [2.75, 3.05) is 0 Å². The minimum atomic E-state index is -0.129. The first-order chi connectivity index (χ1) is 10.3. The lowest BCUT2D eigenvalue weighted by atomic mass is 10.2. The van der Waals surface area contributed by atoms with Crippen molar-refractivity contribution in [3.63, 3.8) is 0 Å². The van der Waals surface area contributed by atoms with Gasteiger partial charge in [0.15, 0.2) is 5.82 Å². The number of nitrogens with zero attached hydrogens (tertiary/aromatic N) is 3. The highest BCUT2D eigenvalue weighted by Gasteiger charge is 2.13. The van der Waals surface area contributed by atoms with E-state index < -0.39 is 0 Å². The Morgan fingerprint density at radius 1 is 1.10 bits per heavy atom. The Hall–Kier alpha value is -2.73. The Kier molecular flexibility index (Phi) is 2.68. The molecule has 0 fully saturated rings. The number of thiazole rings is 1. The molecule has 0 atom stereocenters. The lowest BCUT2D eigenvalue weighted by molar-refractivity contribution is 0.556. The van der Waals surface area contributed by atoms with Crippen LogP contribution in [0.25, 0.3) is 22.4 Å². The minimum Gasteiger partial charge on any atom is -0.465 e. The molecule has 0 spiro atoms. The van der Waals surface area contributed by atoms with Gasteiger partial charge in [0.1, 0.15) is 10.3 Å². The van der Waals surface area contributed by atoms with Gasteiger partial charge in [0.05, 0.1) is 6.26 Å². The molecule has 4 aromatic rings. The monoisotopic (exact) mass is 295 g/mol. The number of benzene rings is 1. The van der Waals surface area contributed by atoms with Crippen LogP contribution in [0.3, 0.4) is 0 Å². The predicted octanol–water partition coefficient (Wildman–Crippen LogP) is 1.96. The summed E-state index contributed by atoms with van der Waals surface area (Å²) in [5.41, 5.74) is 0.736. The topological polar surface area (TPSA) is 60.4 Å². The summed E-state index contributed by atoms with van der Waals surface area (Å²) in [4.78, 5) is 13.1. The van der Waals surface area contributed by atoms with Crippen molar-refractivity contribution in [3.8, 4) is 11.4 Å². The summed E-state index contributed by atoms with van der Waals surface area (Å²) >= 11 is 1.30. The van der Waals surface area contributed by atoms with Gasteiger partial charge in [0.25, 0.3) is 5.56 Å². The quantitative estimate of drug-likeness (QED) is 0.567. The van der Waals surface area contributed by atoms with E-state index in [1.807, 2.05) is 30.3 Å². The molecule has 3 heterocycles. The normalized spacial score (nSPS) is 12.3. The molecule has 4 rings (SSSR count). The average Bonchev–Trinajstić information content (AvgIpc) is 3.21. The number of furan rings is 1. The smallest absolute Gasteiger partial charge is 0.276 e. The maximum atomic E-state index is 12.5. The Bertz CT molecular complexity index is 1000. The highest BCUT2D eigenvalue weighted by molar-refractivity contribution is 7.15. The number of rotatable bonds is 2. The average molecular weight is 295 g/mol. The van der Waals surface area contributed by atoms with Gasteiger partial charge in [0, 0.05) is 11.6 Å². The van der Waals surface area contributed by atoms with Gasteiger partial charge in [-0.1, -0.05) is 41.7 Å². The highest BCUT2D eigenvalue weighted by Crippen LogP contribution is 2.17. The zero-order valence-corrected chi connectivity index (χ0v) is 11.6. The van der Waals surface area contributed by atoms with Crippen LogP contribution in [0, 0.1) is 0 Å². The summed E-state index contributed by atoms with van der Waals surface area (Å²) in [7, 11) is 0. The Balaban J connectivity index is 1.98. The zero-order chi connectivity index (χ0) is 14.2. The van der Waals surface area contributed by atoms with Crippen molar-refractivity contribution in [2.45, 2.75) is 0 Å². The first kappa shape index (κ1) is 12.0. The molecule has 0 radical (unpaired) electrons. The molecular formula is C15H9N3O2S. The molecule has 5 nitrogen and oxygen atoms in total. The number of hydrogen-bond acceptors (Lipinski definition) is 5. The Morgan fingerprint density at radius 3 is 2.71 bits per heavy atom. The van der Waals surface area contributed by atoms with Gasteiger partial charge >= 0.3 is 0 Å². The van der Waals surface area contributed by atoms with Gasteiger partial charge in [-0.25, -0.2) is 4.40 Å². The molecule has 0 N–H and O–H groups in total. The van der Waals surface area contributed by atoms with E-state index in [9.17, 15) is 4.79 Å². The second kappa shape index (κ2) is 4.68. The van der Waals surface area contributed by atoms with Crippen LogP contribution in [0.2, 0.25) is 0 Å². The summed E-state index contributed by atoms with van der Waals surface area (Å²) in [5, 5.41) is 8.20. The van der Waals surface area contributed by atoms with E-state index in [1.54, 1.807) is 24.5 Å². The fourth-order valence-corrected chi connectivity index (χ4v) is 3.03. The van der Waals surface area contributed by atoms with E-state index >= 15 is 0 Å². The summed E-state index contributed by atoms with van der Waals surface area (Å²) in [6.45, 7) is 0. The van der Waals surface area contributed by atoms with Gasteiger partial charge in [-0.15, -0.1) is 10.2 Å². The molecule has 6 heteroatoms. The molecule has 21 heavy (non-hydrogen) atoms. The van der Waals surface area contributed by atoms with Crippen LogP contribution in [0.4, 0.5) is 0 Å². The van der Waals surface area contributed by atoms with Crippen LogP contribution >= 0.6 is 11.3 Å². The van der Waals surface area contributed by atoms with Crippen LogP contribution in [0.5, 0.6) is 0 Å². The third-order valence-electron chi connectivity index (χ3n) is 3.10. The van der Waals surface area contributed by atoms with E-state index in [-0.39, 0.29) is 5.56 Å². The van der Waals surface area contributed by atoms with Crippen molar-refractivity contribution in [1.29, 1.82) is 0 Å². The van der Waals surface area contributed by atoms with E-state index in [0.717, 1.165) is 5.56 Å². The van der Waals surface area contributed by atoms with Crippen LogP contribution in [-0.2, 0) is 0 Å². The second-order valence-electron chi connectivity index (χ2n) is 4.44.